The molecule has 1 fully saturated rings. The maximum Gasteiger partial charge on any atom is 0.254 e. The summed E-state index contributed by atoms with van der Waals surface area (Å²) in [6.07, 6.45) is 6.75. The third-order valence-electron chi connectivity index (χ3n) is 5.23. The van der Waals surface area contributed by atoms with Crippen LogP contribution in [0, 0.1) is 6.92 Å². The molecule has 1 atom stereocenters. The maximum atomic E-state index is 13.4. The van der Waals surface area contributed by atoms with Gasteiger partial charge in [0.2, 0.25) is 0 Å². The summed E-state index contributed by atoms with van der Waals surface area (Å²) in [6.45, 7) is 5.64. The van der Waals surface area contributed by atoms with Gasteiger partial charge in [0.25, 0.3) is 5.91 Å². The first-order chi connectivity index (χ1) is 12.7. The van der Waals surface area contributed by atoms with Gasteiger partial charge in [-0.05, 0) is 56.0 Å². The molecule has 2 aromatic heterocycles. The van der Waals surface area contributed by atoms with Gasteiger partial charge >= 0.3 is 0 Å². The predicted octanol–water partition coefficient (Wildman–Crippen LogP) is 3.61. The average Bonchev–Trinajstić information content (AvgIpc) is 3.32. The second-order valence-electron chi connectivity index (χ2n) is 7.04. The first kappa shape index (κ1) is 16.8. The van der Waals surface area contributed by atoms with E-state index in [9.17, 15) is 4.79 Å². The predicted molar refractivity (Wildman–Crippen MR) is 102 cm³/mol. The standard InChI is InChI=1S/C21H24N4O/c1-3-16-7-8-20-18(13-16)19(12-15(2)23-20)21(26)25-11-4-6-17(25)14-24-10-5-9-22-24/h5,7-10,12-13,17H,3-4,6,11,14H2,1-2H3/t17-/m1/s1. The molecule has 5 heteroatoms. The number of pyridine rings is 1. The second-order valence-corrected chi connectivity index (χ2v) is 7.04. The number of nitrogens with zero attached hydrogens (tertiary/aromatic N) is 4. The number of hydrogen-bond donors (Lipinski definition) is 0. The van der Waals surface area contributed by atoms with Crippen LogP contribution in [0.25, 0.3) is 10.9 Å². The van der Waals surface area contributed by atoms with Crippen LogP contribution in [0.15, 0.2) is 42.7 Å². The molecule has 1 saturated heterocycles. The van der Waals surface area contributed by atoms with Gasteiger partial charge in [0, 0.05) is 30.0 Å². The van der Waals surface area contributed by atoms with E-state index in [0.717, 1.165) is 54.5 Å². The summed E-state index contributed by atoms with van der Waals surface area (Å²) >= 11 is 0. The van der Waals surface area contributed by atoms with Crippen LogP contribution in [-0.2, 0) is 13.0 Å². The Morgan fingerprint density at radius 1 is 1.31 bits per heavy atom. The normalized spacial score (nSPS) is 17.2. The molecule has 26 heavy (non-hydrogen) atoms. The van der Waals surface area contributed by atoms with Crippen molar-refractivity contribution in [3.8, 4) is 0 Å². The van der Waals surface area contributed by atoms with Gasteiger partial charge < -0.3 is 4.90 Å². The molecule has 0 radical (unpaired) electrons. The fourth-order valence-electron chi connectivity index (χ4n) is 3.87. The van der Waals surface area contributed by atoms with Crippen LogP contribution in [0.3, 0.4) is 0 Å². The first-order valence-electron chi connectivity index (χ1n) is 9.34. The number of amides is 1. The summed E-state index contributed by atoms with van der Waals surface area (Å²) in [6, 6.07) is 10.3. The van der Waals surface area contributed by atoms with Gasteiger partial charge in [-0.15, -0.1) is 0 Å². The SMILES string of the molecule is CCc1ccc2nc(C)cc(C(=O)N3CCC[C@@H]3Cn3cccn3)c2c1. The molecular formula is C21H24N4O. The molecule has 3 aromatic rings. The molecule has 3 heterocycles. The molecule has 1 amide bonds. The lowest BCUT2D eigenvalue weighted by molar-refractivity contribution is 0.0723. The molecule has 0 N–H and O–H groups in total. The number of carbonyl (C=O) groups excluding carboxylic acids is 1. The van der Waals surface area contributed by atoms with E-state index in [0.29, 0.717) is 0 Å². The van der Waals surface area contributed by atoms with Crippen molar-refractivity contribution in [2.75, 3.05) is 6.54 Å². The fourth-order valence-corrected chi connectivity index (χ4v) is 3.87. The number of aryl methyl sites for hydroxylation is 2. The van der Waals surface area contributed by atoms with E-state index < -0.39 is 0 Å². The second kappa shape index (κ2) is 6.90. The summed E-state index contributed by atoms with van der Waals surface area (Å²) in [4.78, 5) is 20.1. The number of carbonyl (C=O) groups is 1. The summed E-state index contributed by atoms with van der Waals surface area (Å²) in [5.41, 5.74) is 3.78. The smallest absolute Gasteiger partial charge is 0.254 e. The zero-order valence-corrected chi connectivity index (χ0v) is 15.4. The number of aromatic nitrogens is 3. The van der Waals surface area contributed by atoms with Gasteiger partial charge in [0.15, 0.2) is 0 Å². The topological polar surface area (TPSA) is 51.0 Å². The quantitative estimate of drug-likeness (QED) is 0.724. The minimum Gasteiger partial charge on any atom is -0.334 e. The lowest BCUT2D eigenvalue weighted by Crippen LogP contribution is -2.38. The summed E-state index contributed by atoms with van der Waals surface area (Å²) in [5, 5.41) is 5.26. The number of hydrogen-bond acceptors (Lipinski definition) is 3. The van der Waals surface area contributed by atoms with Crippen LogP contribution in [0.5, 0.6) is 0 Å². The fraction of sp³-hybridized carbons (Fsp3) is 0.381. The average molecular weight is 348 g/mol. The molecule has 0 unspecified atom stereocenters. The van der Waals surface area contributed by atoms with Crippen molar-refractivity contribution in [3.63, 3.8) is 0 Å². The van der Waals surface area contributed by atoms with Gasteiger partial charge in [0.1, 0.15) is 0 Å². The van der Waals surface area contributed by atoms with E-state index in [1.807, 2.05) is 40.9 Å². The van der Waals surface area contributed by atoms with Gasteiger partial charge in [-0.1, -0.05) is 13.0 Å². The van der Waals surface area contributed by atoms with Crippen molar-refractivity contribution in [1.82, 2.24) is 19.7 Å². The van der Waals surface area contributed by atoms with Crippen molar-refractivity contribution in [1.29, 1.82) is 0 Å². The summed E-state index contributed by atoms with van der Waals surface area (Å²) in [5.74, 6) is 0.114. The third kappa shape index (κ3) is 3.09. The van der Waals surface area contributed by atoms with E-state index in [4.69, 9.17) is 0 Å². The Kier molecular flexibility index (Phi) is 4.45. The minimum atomic E-state index is 0.114. The number of rotatable bonds is 4. The molecule has 1 aliphatic rings. The lowest BCUT2D eigenvalue weighted by atomic mass is 10.0. The highest BCUT2D eigenvalue weighted by Crippen LogP contribution is 2.26. The largest absolute Gasteiger partial charge is 0.334 e. The molecule has 1 aromatic carbocycles. The van der Waals surface area contributed by atoms with Crippen molar-refractivity contribution in [2.45, 2.75) is 45.7 Å². The molecule has 1 aliphatic heterocycles. The van der Waals surface area contributed by atoms with E-state index >= 15 is 0 Å². The van der Waals surface area contributed by atoms with Crippen LogP contribution >= 0.6 is 0 Å². The van der Waals surface area contributed by atoms with E-state index in [1.54, 1.807) is 6.20 Å². The van der Waals surface area contributed by atoms with Gasteiger partial charge in [-0.2, -0.15) is 5.10 Å². The van der Waals surface area contributed by atoms with Crippen LogP contribution < -0.4 is 0 Å². The first-order valence-corrected chi connectivity index (χ1v) is 9.34. The molecule has 0 aliphatic carbocycles. The summed E-state index contributed by atoms with van der Waals surface area (Å²) < 4.78 is 1.92. The highest BCUT2D eigenvalue weighted by Gasteiger charge is 2.30. The van der Waals surface area contributed by atoms with Crippen molar-refractivity contribution in [2.24, 2.45) is 0 Å². The van der Waals surface area contributed by atoms with E-state index in [1.165, 1.54) is 5.56 Å². The maximum absolute atomic E-state index is 13.4. The Bertz CT molecular complexity index is 933. The summed E-state index contributed by atoms with van der Waals surface area (Å²) in [7, 11) is 0. The zero-order valence-electron chi connectivity index (χ0n) is 15.4. The van der Waals surface area contributed by atoms with Crippen LogP contribution in [0.2, 0.25) is 0 Å². The Labute approximate surface area is 153 Å². The monoisotopic (exact) mass is 348 g/mol. The number of benzene rings is 1. The Balaban J connectivity index is 1.70. The van der Waals surface area contributed by atoms with Crippen LogP contribution in [0.1, 0.15) is 41.4 Å². The number of likely N-dealkylation sites (tertiary alicyclic amines) is 1. The van der Waals surface area contributed by atoms with Crippen molar-refractivity contribution < 1.29 is 4.79 Å². The molecule has 0 saturated carbocycles. The Hall–Kier alpha value is -2.69. The lowest BCUT2D eigenvalue weighted by Gasteiger charge is -2.25. The highest BCUT2D eigenvalue weighted by atomic mass is 16.2. The molecule has 134 valence electrons. The van der Waals surface area contributed by atoms with E-state index in [-0.39, 0.29) is 11.9 Å². The van der Waals surface area contributed by atoms with Gasteiger partial charge in [0.05, 0.1) is 23.7 Å². The van der Waals surface area contributed by atoms with Crippen molar-refractivity contribution >= 4 is 16.8 Å². The Morgan fingerprint density at radius 3 is 2.96 bits per heavy atom. The van der Waals surface area contributed by atoms with Crippen LogP contribution in [-0.4, -0.2) is 38.2 Å². The van der Waals surface area contributed by atoms with Crippen molar-refractivity contribution in [3.05, 3.63) is 59.5 Å². The highest BCUT2D eigenvalue weighted by molar-refractivity contribution is 6.06. The minimum absolute atomic E-state index is 0.114. The van der Waals surface area contributed by atoms with E-state index in [2.05, 4.69) is 29.1 Å². The van der Waals surface area contributed by atoms with Gasteiger partial charge in [-0.25, -0.2) is 0 Å². The molecule has 0 bridgehead atoms. The molecular weight excluding hydrogens is 324 g/mol. The molecule has 0 spiro atoms. The Morgan fingerprint density at radius 2 is 2.19 bits per heavy atom. The van der Waals surface area contributed by atoms with Gasteiger partial charge in [-0.3, -0.25) is 14.5 Å². The van der Waals surface area contributed by atoms with Crippen LogP contribution in [0.4, 0.5) is 0 Å². The molecule has 4 rings (SSSR count). The third-order valence-corrected chi connectivity index (χ3v) is 5.23. The number of fused-ring (bicyclic) bond motifs is 1. The zero-order chi connectivity index (χ0) is 18.1. The molecule has 5 nitrogen and oxygen atoms in total.